The van der Waals surface area contributed by atoms with Gasteiger partial charge in [-0.2, -0.15) is 0 Å². The van der Waals surface area contributed by atoms with Crippen LogP contribution in [0.5, 0.6) is 0 Å². The highest BCUT2D eigenvalue weighted by Gasteiger charge is 2.34. The van der Waals surface area contributed by atoms with Crippen LogP contribution in [0.3, 0.4) is 0 Å². The largest absolute Gasteiger partial charge is 0.351 e. The minimum Gasteiger partial charge on any atom is -0.351 e. The summed E-state index contributed by atoms with van der Waals surface area (Å²) in [6.07, 6.45) is 2.89. The number of sulfonamides is 1. The molecule has 0 bridgehead atoms. The van der Waals surface area contributed by atoms with Gasteiger partial charge in [0.15, 0.2) is 0 Å². The SMILES string of the molecule is C=CCNC(=O)C1CCCN1C(=O)c1ccc(NS(=O)(=O)c2ccc(F)cc2)cc1. The Morgan fingerprint density at radius 2 is 1.80 bits per heavy atom. The van der Waals surface area contributed by atoms with E-state index < -0.39 is 21.9 Å². The standard InChI is InChI=1S/C21H22FN3O4S/c1-2-13-23-20(26)19-4-3-14-25(19)21(27)15-5-9-17(10-6-15)24-30(28,29)18-11-7-16(22)8-12-18/h2,5-12,19,24H,1,3-4,13-14H2,(H,23,26). The maximum atomic E-state index is 13.0. The third kappa shape index (κ3) is 4.85. The smallest absolute Gasteiger partial charge is 0.261 e. The van der Waals surface area contributed by atoms with Crippen LogP contribution in [0.25, 0.3) is 0 Å². The predicted octanol–water partition coefficient (Wildman–Crippen LogP) is 2.53. The van der Waals surface area contributed by atoms with Crippen molar-refractivity contribution < 1.29 is 22.4 Å². The normalized spacial score (nSPS) is 16.2. The van der Waals surface area contributed by atoms with Crippen LogP contribution in [-0.2, 0) is 14.8 Å². The molecule has 7 nitrogen and oxygen atoms in total. The summed E-state index contributed by atoms with van der Waals surface area (Å²) < 4.78 is 40.2. The molecule has 1 aliphatic rings. The van der Waals surface area contributed by atoms with E-state index in [1.165, 1.54) is 41.3 Å². The number of nitrogens with one attached hydrogen (secondary N) is 2. The molecule has 9 heteroatoms. The molecule has 1 fully saturated rings. The Balaban J connectivity index is 1.70. The van der Waals surface area contributed by atoms with Gasteiger partial charge in [0.1, 0.15) is 11.9 Å². The lowest BCUT2D eigenvalue weighted by Crippen LogP contribution is -2.46. The maximum absolute atomic E-state index is 13.0. The first kappa shape index (κ1) is 21.5. The second-order valence-corrected chi connectivity index (χ2v) is 8.51. The Labute approximate surface area is 174 Å². The van der Waals surface area contributed by atoms with E-state index in [1.54, 1.807) is 6.08 Å². The molecular weight excluding hydrogens is 409 g/mol. The Hall–Kier alpha value is -3.20. The summed E-state index contributed by atoms with van der Waals surface area (Å²) in [5.41, 5.74) is 0.612. The van der Waals surface area contributed by atoms with Gasteiger partial charge in [-0.05, 0) is 61.4 Å². The highest BCUT2D eigenvalue weighted by Crippen LogP contribution is 2.22. The quantitative estimate of drug-likeness (QED) is 0.659. The number of amides is 2. The topological polar surface area (TPSA) is 95.6 Å². The average molecular weight is 431 g/mol. The summed E-state index contributed by atoms with van der Waals surface area (Å²) in [7, 11) is -3.88. The summed E-state index contributed by atoms with van der Waals surface area (Å²) in [4.78, 5) is 26.6. The van der Waals surface area contributed by atoms with Crippen LogP contribution in [-0.4, -0.2) is 44.3 Å². The lowest BCUT2D eigenvalue weighted by Gasteiger charge is -2.24. The zero-order chi connectivity index (χ0) is 21.7. The highest BCUT2D eigenvalue weighted by molar-refractivity contribution is 7.92. The molecule has 1 aliphatic heterocycles. The van der Waals surface area contributed by atoms with Crippen molar-refractivity contribution in [2.75, 3.05) is 17.8 Å². The van der Waals surface area contributed by atoms with Crippen molar-refractivity contribution in [3.05, 3.63) is 72.6 Å². The number of hydrogen-bond donors (Lipinski definition) is 2. The number of hydrogen-bond acceptors (Lipinski definition) is 4. The van der Waals surface area contributed by atoms with Crippen molar-refractivity contribution in [2.45, 2.75) is 23.8 Å². The van der Waals surface area contributed by atoms with E-state index in [1.807, 2.05) is 0 Å². The van der Waals surface area contributed by atoms with Crippen molar-refractivity contribution in [3.63, 3.8) is 0 Å². The first-order chi connectivity index (χ1) is 14.3. The third-order valence-corrected chi connectivity index (χ3v) is 6.14. The minimum atomic E-state index is -3.88. The molecule has 1 saturated heterocycles. The molecule has 0 spiro atoms. The number of carbonyl (C=O) groups is 2. The molecule has 0 radical (unpaired) electrons. The van der Waals surface area contributed by atoms with Crippen LogP contribution in [0.1, 0.15) is 23.2 Å². The molecule has 2 aromatic rings. The molecule has 2 N–H and O–H groups in total. The lowest BCUT2D eigenvalue weighted by atomic mass is 10.1. The second kappa shape index (κ2) is 9.08. The molecule has 3 rings (SSSR count). The van der Waals surface area contributed by atoms with Gasteiger partial charge in [0.25, 0.3) is 15.9 Å². The Morgan fingerprint density at radius 1 is 1.13 bits per heavy atom. The lowest BCUT2D eigenvalue weighted by molar-refractivity contribution is -0.124. The van der Waals surface area contributed by atoms with Crippen molar-refractivity contribution in [3.8, 4) is 0 Å². The van der Waals surface area contributed by atoms with Crippen LogP contribution in [0.2, 0.25) is 0 Å². The van der Waals surface area contributed by atoms with Crippen LogP contribution >= 0.6 is 0 Å². The number of rotatable bonds is 7. The van der Waals surface area contributed by atoms with Crippen LogP contribution in [0, 0.1) is 5.82 Å². The van der Waals surface area contributed by atoms with Crippen molar-refractivity contribution in [2.24, 2.45) is 0 Å². The van der Waals surface area contributed by atoms with Crippen LogP contribution in [0.4, 0.5) is 10.1 Å². The monoisotopic (exact) mass is 431 g/mol. The predicted molar refractivity (Wildman–Crippen MR) is 111 cm³/mol. The van der Waals surface area contributed by atoms with Gasteiger partial charge in [0.2, 0.25) is 5.91 Å². The summed E-state index contributed by atoms with van der Waals surface area (Å²) >= 11 is 0. The molecule has 158 valence electrons. The molecule has 0 aliphatic carbocycles. The number of benzene rings is 2. The molecule has 1 heterocycles. The fourth-order valence-corrected chi connectivity index (χ4v) is 4.31. The van der Waals surface area contributed by atoms with Crippen molar-refractivity contribution >= 4 is 27.5 Å². The number of carbonyl (C=O) groups excluding carboxylic acids is 2. The van der Waals surface area contributed by atoms with Crippen molar-refractivity contribution in [1.29, 1.82) is 0 Å². The molecule has 1 unspecified atom stereocenters. The van der Waals surface area contributed by atoms with Gasteiger partial charge in [-0.15, -0.1) is 6.58 Å². The summed E-state index contributed by atoms with van der Waals surface area (Å²) in [6, 6.07) is 9.87. The fraction of sp³-hybridized carbons (Fsp3) is 0.238. The first-order valence-electron chi connectivity index (χ1n) is 9.40. The minimum absolute atomic E-state index is 0.0745. The van der Waals surface area contributed by atoms with E-state index in [2.05, 4.69) is 16.6 Å². The number of likely N-dealkylation sites (tertiary alicyclic amines) is 1. The van der Waals surface area contributed by atoms with Gasteiger partial charge in [0, 0.05) is 24.3 Å². The van der Waals surface area contributed by atoms with E-state index >= 15 is 0 Å². The van der Waals surface area contributed by atoms with Gasteiger partial charge >= 0.3 is 0 Å². The molecule has 0 aromatic heterocycles. The van der Waals surface area contributed by atoms with Gasteiger partial charge in [0.05, 0.1) is 4.90 Å². The van der Waals surface area contributed by atoms with Gasteiger partial charge in [-0.25, -0.2) is 12.8 Å². The average Bonchev–Trinajstić information content (AvgIpc) is 3.22. The summed E-state index contributed by atoms with van der Waals surface area (Å²) in [6.45, 7) is 4.37. The van der Waals surface area contributed by atoms with E-state index in [9.17, 15) is 22.4 Å². The Kier molecular flexibility index (Phi) is 6.51. The Morgan fingerprint density at radius 3 is 2.43 bits per heavy atom. The van der Waals surface area contributed by atoms with E-state index in [-0.39, 0.29) is 22.4 Å². The number of anilines is 1. The molecule has 0 saturated carbocycles. The molecule has 2 aromatic carbocycles. The van der Waals surface area contributed by atoms with Crippen LogP contribution in [0.15, 0.2) is 66.1 Å². The third-order valence-electron chi connectivity index (χ3n) is 4.74. The van der Waals surface area contributed by atoms with E-state index in [0.29, 0.717) is 25.1 Å². The van der Waals surface area contributed by atoms with Gasteiger partial charge in [-0.1, -0.05) is 6.08 Å². The van der Waals surface area contributed by atoms with Crippen LogP contribution < -0.4 is 10.0 Å². The number of nitrogens with zero attached hydrogens (tertiary/aromatic N) is 1. The first-order valence-corrected chi connectivity index (χ1v) is 10.9. The van der Waals surface area contributed by atoms with Gasteiger partial charge < -0.3 is 10.2 Å². The van der Waals surface area contributed by atoms with Crippen molar-refractivity contribution in [1.82, 2.24) is 10.2 Å². The number of halogens is 1. The molecular formula is C21H22FN3O4S. The maximum Gasteiger partial charge on any atom is 0.261 e. The molecule has 30 heavy (non-hydrogen) atoms. The second-order valence-electron chi connectivity index (χ2n) is 6.83. The zero-order valence-electron chi connectivity index (χ0n) is 16.2. The summed E-state index contributed by atoms with van der Waals surface area (Å²) in [5.74, 6) is -1.04. The Bertz CT molecular complexity index is 1040. The molecule has 1 atom stereocenters. The summed E-state index contributed by atoms with van der Waals surface area (Å²) in [5, 5.41) is 2.71. The fourth-order valence-electron chi connectivity index (χ4n) is 3.25. The highest BCUT2D eigenvalue weighted by atomic mass is 32.2. The van der Waals surface area contributed by atoms with E-state index in [0.717, 1.165) is 18.6 Å². The molecule has 2 amide bonds. The van der Waals surface area contributed by atoms with E-state index in [4.69, 9.17) is 0 Å². The zero-order valence-corrected chi connectivity index (χ0v) is 17.0. The van der Waals surface area contributed by atoms with Gasteiger partial charge in [-0.3, -0.25) is 14.3 Å².